The molecule has 0 radical (unpaired) electrons. The van der Waals surface area contributed by atoms with Crippen molar-refractivity contribution in [1.82, 2.24) is 4.90 Å². The number of carbonyl (C=O) groups excluding carboxylic acids is 1. The van der Waals surface area contributed by atoms with Gasteiger partial charge in [-0.05, 0) is 50.9 Å². The highest BCUT2D eigenvalue weighted by atomic mass is 16.3. The number of nitrogens with two attached hydrogens (primary N) is 1. The van der Waals surface area contributed by atoms with E-state index in [1.807, 2.05) is 36.9 Å². The Hall–Kier alpha value is -1.59. The Bertz CT molecular complexity index is 490. The predicted octanol–water partition coefficient (Wildman–Crippen LogP) is 1.36. The Morgan fingerprint density at radius 1 is 1.55 bits per heavy atom. The Kier molecular flexibility index (Phi) is 4.62. The van der Waals surface area contributed by atoms with Crippen molar-refractivity contribution in [2.24, 2.45) is 0 Å². The van der Waals surface area contributed by atoms with E-state index in [1.165, 1.54) is 0 Å². The van der Waals surface area contributed by atoms with Crippen LogP contribution in [0.15, 0.2) is 18.2 Å². The van der Waals surface area contributed by atoms with Crippen LogP contribution >= 0.6 is 0 Å². The molecule has 1 aromatic rings. The van der Waals surface area contributed by atoms with Crippen molar-refractivity contribution in [3.05, 3.63) is 23.8 Å². The molecule has 5 heteroatoms. The number of aliphatic hydroxyl groups excluding tert-OH is 1. The molecule has 20 heavy (non-hydrogen) atoms. The van der Waals surface area contributed by atoms with Crippen LogP contribution < -0.4 is 11.1 Å². The number of nitrogens with zero attached hydrogens (tertiary/aromatic N) is 1. The average Bonchev–Trinajstić information content (AvgIpc) is 2.43. The number of amides is 1. The summed E-state index contributed by atoms with van der Waals surface area (Å²) in [6.07, 6.45) is 1.42. The van der Waals surface area contributed by atoms with E-state index in [4.69, 9.17) is 5.73 Å². The number of hydrogen-bond donors (Lipinski definition) is 3. The fourth-order valence-corrected chi connectivity index (χ4v) is 2.53. The summed E-state index contributed by atoms with van der Waals surface area (Å²) in [5, 5.41) is 12.6. The summed E-state index contributed by atoms with van der Waals surface area (Å²) in [5.74, 6) is -0.0622. The van der Waals surface area contributed by atoms with Gasteiger partial charge < -0.3 is 16.2 Å². The third-order valence-electron chi connectivity index (χ3n) is 3.99. The number of benzene rings is 1. The van der Waals surface area contributed by atoms with Crippen molar-refractivity contribution in [3.8, 4) is 0 Å². The van der Waals surface area contributed by atoms with Gasteiger partial charge in [0.05, 0.1) is 12.1 Å². The van der Waals surface area contributed by atoms with Crippen LogP contribution in [0.2, 0.25) is 0 Å². The van der Waals surface area contributed by atoms with Gasteiger partial charge in [-0.3, -0.25) is 9.69 Å². The molecular weight excluding hydrogens is 254 g/mol. The Balaban J connectivity index is 2.02. The van der Waals surface area contributed by atoms with Crippen LogP contribution in [0.5, 0.6) is 0 Å². The smallest absolute Gasteiger partial charge is 0.241 e. The maximum Gasteiger partial charge on any atom is 0.241 e. The quantitative estimate of drug-likeness (QED) is 0.729. The molecule has 2 atom stereocenters. The van der Waals surface area contributed by atoms with E-state index >= 15 is 0 Å². The molecule has 2 rings (SSSR count). The third-order valence-corrected chi connectivity index (χ3v) is 3.99. The summed E-state index contributed by atoms with van der Waals surface area (Å²) in [6, 6.07) is 5.23. The van der Waals surface area contributed by atoms with Crippen LogP contribution in [-0.4, -0.2) is 41.1 Å². The number of piperidine rings is 1. The van der Waals surface area contributed by atoms with E-state index in [1.54, 1.807) is 0 Å². The molecule has 1 aliphatic rings. The van der Waals surface area contributed by atoms with Crippen molar-refractivity contribution < 1.29 is 9.90 Å². The number of aliphatic hydroxyl groups is 1. The summed E-state index contributed by atoms with van der Waals surface area (Å²) in [6.45, 7) is 5.17. The van der Waals surface area contributed by atoms with Gasteiger partial charge in [-0.2, -0.15) is 0 Å². The van der Waals surface area contributed by atoms with Crippen LogP contribution in [0.1, 0.15) is 25.3 Å². The fourth-order valence-electron chi connectivity index (χ4n) is 2.53. The zero-order valence-electron chi connectivity index (χ0n) is 12.1. The van der Waals surface area contributed by atoms with Crippen molar-refractivity contribution >= 4 is 17.3 Å². The zero-order valence-corrected chi connectivity index (χ0v) is 12.1. The van der Waals surface area contributed by atoms with Crippen molar-refractivity contribution in [2.75, 3.05) is 24.1 Å². The van der Waals surface area contributed by atoms with E-state index in [0.717, 1.165) is 30.6 Å². The van der Waals surface area contributed by atoms with Gasteiger partial charge in [-0.15, -0.1) is 0 Å². The molecule has 4 N–H and O–H groups in total. The van der Waals surface area contributed by atoms with E-state index in [2.05, 4.69) is 5.32 Å². The van der Waals surface area contributed by atoms with E-state index in [-0.39, 0.29) is 18.1 Å². The van der Waals surface area contributed by atoms with Gasteiger partial charge in [0, 0.05) is 17.9 Å². The summed E-state index contributed by atoms with van der Waals surface area (Å²) in [7, 11) is 0. The summed E-state index contributed by atoms with van der Waals surface area (Å²) < 4.78 is 0. The highest BCUT2D eigenvalue weighted by Crippen LogP contribution is 2.21. The molecular formula is C15H23N3O2. The first-order chi connectivity index (χ1) is 9.49. The Morgan fingerprint density at radius 3 is 3.00 bits per heavy atom. The normalized spacial score (nSPS) is 21.4. The molecule has 1 amide bonds. The first-order valence-electron chi connectivity index (χ1n) is 7.07. The number of likely N-dealkylation sites (tertiary alicyclic amines) is 1. The second-order valence-corrected chi connectivity index (χ2v) is 5.48. The maximum absolute atomic E-state index is 12.3. The summed E-state index contributed by atoms with van der Waals surface area (Å²) in [5.41, 5.74) is 8.14. The first kappa shape index (κ1) is 14.8. The SMILES string of the molecule is Cc1c(N)cccc1NC(=O)C(C)N1CCCC(O)C1. The van der Waals surface area contributed by atoms with Gasteiger partial charge >= 0.3 is 0 Å². The molecule has 1 fully saturated rings. The second kappa shape index (κ2) is 6.24. The van der Waals surface area contributed by atoms with Crippen molar-refractivity contribution in [1.29, 1.82) is 0 Å². The fraction of sp³-hybridized carbons (Fsp3) is 0.533. The summed E-state index contributed by atoms with van der Waals surface area (Å²) >= 11 is 0. The van der Waals surface area contributed by atoms with E-state index < -0.39 is 0 Å². The minimum absolute atomic E-state index is 0.0622. The highest BCUT2D eigenvalue weighted by molar-refractivity contribution is 5.95. The molecule has 5 nitrogen and oxygen atoms in total. The highest BCUT2D eigenvalue weighted by Gasteiger charge is 2.26. The number of carbonyl (C=O) groups is 1. The van der Waals surface area contributed by atoms with Crippen LogP contribution in [0.25, 0.3) is 0 Å². The van der Waals surface area contributed by atoms with Gasteiger partial charge in [0.15, 0.2) is 0 Å². The van der Waals surface area contributed by atoms with Gasteiger partial charge in [-0.1, -0.05) is 6.07 Å². The zero-order chi connectivity index (χ0) is 14.7. The lowest BCUT2D eigenvalue weighted by Gasteiger charge is -2.34. The topological polar surface area (TPSA) is 78.6 Å². The number of nitrogen functional groups attached to an aromatic ring is 1. The third kappa shape index (κ3) is 3.29. The second-order valence-electron chi connectivity index (χ2n) is 5.48. The molecule has 2 unspecified atom stereocenters. The molecule has 0 spiro atoms. The average molecular weight is 277 g/mol. The van der Waals surface area contributed by atoms with Crippen molar-refractivity contribution in [3.63, 3.8) is 0 Å². The Morgan fingerprint density at radius 2 is 2.30 bits per heavy atom. The van der Waals surface area contributed by atoms with E-state index in [0.29, 0.717) is 12.2 Å². The lowest BCUT2D eigenvalue weighted by molar-refractivity contribution is -0.121. The van der Waals surface area contributed by atoms with Gasteiger partial charge in [0.25, 0.3) is 0 Å². The van der Waals surface area contributed by atoms with E-state index in [9.17, 15) is 9.90 Å². The number of nitrogens with one attached hydrogen (secondary N) is 1. The predicted molar refractivity (Wildman–Crippen MR) is 80.5 cm³/mol. The van der Waals surface area contributed by atoms with Gasteiger partial charge in [-0.25, -0.2) is 0 Å². The lowest BCUT2D eigenvalue weighted by atomic mass is 10.1. The molecule has 0 saturated carbocycles. The molecule has 1 heterocycles. The molecule has 0 aromatic heterocycles. The number of β-amino-alcohol motifs (C(OH)–C–C–N with tert-alkyl or cyclic N) is 1. The lowest BCUT2D eigenvalue weighted by Crippen LogP contribution is -2.48. The van der Waals surface area contributed by atoms with Crippen LogP contribution in [0.4, 0.5) is 11.4 Å². The largest absolute Gasteiger partial charge is 0.398 e. The molecule has 0 bridgehead atoms. The van der Waals surface area contributed by atoms with Gasteiger partial charge in [0.2, 0.25) is 5.91 Å². The Labute approximate surface area is 119 Å². The first-order valence-corrected chi connectivity index (χ1v) is 7.07. The molecule has 1 aromatic carbocycles. The summed E-state index contributed by atoms with van der Waals surface area (Å²) in [4.78, 5) is 14.3. The van der Waals surface area contributed by atoms with Gasteiger partial charge in [0.1, 0.15) is 0 Å². The molecule has 1 aliphatic heterocycles. The van der Waals surface area contributed by atoms with Crippen LogP contribution in [0, 0.1) is 6.92 Å². The molecule has 1 saturated heterocycles. The van der Waals surface area contributed by atoms with Crippen LogP contribution in [-0.2, 0) is 4.79 Å². The minimum Gasteiger partial charge on any atom is -0.398 e. The number of anilines is 2. The monoisotopic (exact) mass is 277 g/mol. The van der Waals surface area contributed by atoms with Crippen LogP contribution in [0.3, 0.4) is 0 Å². The number of rotatable bonds is 3. The maximum atomic E-state index is 12.3. The minimum atomic E-state index is -0.326. The van der Waals surface area contributed by atoms with Crippen molar-refractivity contribution in [2.45, 2.75) is 38.8 Å². The number of hydrogen-bond acceptors (Lipinski definition) is 4. The molecule has 0 aliphatic carbocycles. The molecule has 110 valence electrons. The standard InChI is InChI=1S/C15H23N3O2/c1-10-13(16)6-3-7-14(10)17-15(20)11(2)18-8-4-5-12(19)9-18/h3,6-7,11-12,19H,4-5,8-9,16H2,1-2H3,(H,17,20).